The Morgan fingerprint density at radius 1 is 0.870 bits per heavy atom. The number of rotatable bonds is 16. The van der Waals surface area contributed by atoms with Crippen LogP contribution in [0.1, 0.15) is 32.6 Å². The van der Waals surface area contributed by atoms with Gasteiger partial charge in [0.2, 0.25) is 0 Å². The molecule has 2 aliphatic heterocycles. The van der Waals surface area contributed by atoms with E-state index >= 15 is 0 Å². The Bertz CT molecular complexity index is 285. The van der Waals surface area contributed by atoms with E-state index in [1.165, 1.54) is 18.5 Å². The minimum atomic E-state index is -1.63. The lowest BCUT2D eigenvalue weighted by atomic mass is 10.4. The normalized spacial score (nSPS) is 23.2. The van der Waals surface area contributed by atoms with Crippen LogP contribution in [0.5, 0.6) is 0 Å². The SMILES string of the molecule is CCCCO[Si](C)(CCCOC[C@H]1CO1)CCCOC[C@H]1CO1. The standard InChI is InChI=1S/C17H34O5Si/c1-3-4-9-22-23(2,10-5-7-18-12-16-14-20-16)11-6-8-19-13-17-15-21-17/h16-17H,3-15H2,1-2H3/t16-,17-/m0/s1. The molecule has 0 saturated carbocycles. The van der Waals surface area contributed by atoms with Crippen LogP contribution in [0.25, 0.3) is 0 Å². The Morgan fingerprint density at radius 2 is 1.39 bits per heavy atom. The number of hydrogen-bond donors (Lipinski definition) is 0. The van der Waals surface area contributed by atoms with Crippen LogP contribution in [0.3, 0.4) is 0 Å². The molecule has 2 fully saturated rings. The van der Waals surface area contributed by atoms with Gasteiger partial charge < -0.3 is 23.4 Å². The average molecular weight is 347 g/mol. The second kappa shape index (κ2) is 10.8. The minimum absolute atomic E-state index is 0.368. The highest BCUT2D eigenvalue weighted by atomic mass is 28.4. The molecule has 2 aliphatic rings. The van der Waals surface area contributed by atoms with Crippen LogP contribution in [0.2, 0.25) is 18.6 Å². The van der Waals surface area contributed by atoms with Gasteiger partial charge in [0, 0.05) is 19.8 Å². The molecule has 2 atom stereocenters. The van der Waals surface area contributed by atoms with E-state index in [1.54, 1.807) is 0 Å². The van der Waals surface area contributed by atoms with Gasteiger partial charge in [0.15, 0.2) is 8.32 Å². The fourth-order valence-corrected chi connectivity index (χ4v) is 5.55. The van der Waals surface area contributed by atoms with Gasteiger partial charge in [-0.2, -0.15) is 0 Å². The summed E-state index contributed by atoms with van der Waals surface area (Å²) in [5, 5.41) is 0. The Hall–Kier alpha value is 0.0169. The molecule has 0 amide bonds. The fourth-order valence-electron chi connectivity index (χ4n) is 2.59. The molecule has 0 spiro atoms. The number of ether oxygens (including phenoxy) is 4. The molecule has 0 aromatic heterocycles. The summed E-state index contributed by atoms with van der Waals surface area (Å²) in [4.78, 5) is 0. The summed E-state index contributed by atoms with van der Waals surface area (Å²) in [6, 6.07) is 2.35. The number of unbranched alkanes of at least 4 members (excludes halogenated alkanes) is 1. The van der Waals surface area contributed by atoms with Crippen LogP contribution >= 0.6 is 0 Å². The average Bonchev–Trinajstić information content (AvgIpc) is 3.42. The van der Waals surface area contributed by atoms with Crippen LogP contribution < -0.4 is 0 Å². The predicted molar refractivity (Wildman–Crippen MR) is 92.4 cm³/mol. The van der Waals surface area contributed by atoms with E-state index in [9.17, 15) is 0 Å². The summed E-state index contributed by atoms with van der Waals surface area (Å²) >= 11 is 0. The van der Waals surface area contributed by atoms with Crippen molar-refractivity contribution in [3.05, 3.63) is 0 Å². The molecule has 0 unspecified atom stereocenters. The van der Waals surface area contributed by atoms with E-state index in [-0.39, 0.29) is 0 Å². The summed E-state index contributed by atoms with van der Waals surface area (Å²) in [5.41, 5.74) is 0. The Balaban J connectivity index is 1.55. The molecule has 2 rings (SSSR count). The third-order valence-corrected chi connectivity index (χ3v) is 8.07. The van der Waals surface area contributed by atoms with Gasteiger partial charge in [-0.15, -0.1) is 0 Å². The van der Waals surface area contributed by atoms with Gasteiger partial charge in [0.1, 0.15) is 12.2 Å². The molecule has 0 N–H and O–H groups in total. The maximum Gasteiger partial charge on any atom is 0.189 e. The van der Waals surface area contributed by atoms with Crippen LogP contribution in [-0.2, 0) is 23.4 Å². The van der Waals surface area contributed by atoms with Crippen LogP contribution in [-0.4, -0.2) is 66.8 Å². The molecule has 0 radical (unpaired) electrons. The second-order valence-corrected chi connectivity index (χ2v) is 11.1. The van der Waals surface area contributed by atoms with Gasteiger partial charge in [0.05, 0.1) is 26.4 Å². The van der Waals surface area contributed by atoms with Crippen molar-refractivity contribution < 1.29 is 23.4 Å². The molecule has 2 heterocycles. The fraction of sp³-hybridized carbons (Fsp3) is 1.00. The number of epoxide rings is 2. The molecule has 2 saturated heterocycles. The summed E-state index contributed by atoms with van der Waals surface area (Å²) < 4.78 is 28.0. The monoisotopic (exact) mass is 346 g/mol. The molecule has 6 heteroatoms. The molecule has 136 valence electrons. The van der Waals surface area contributed by atoms with Crippen molar-refractivity contribution in [3.63, 3.8) is 0 Å². The molecule has 0 aliphatic carbocycles. The zero-order valence-electron chi connectivity index (χ0n) is 14.9. The van der Waals surface area contributed by atoms with Gasteiger partial charge in [-0.1, -0.05) is 13.3 Å². The molecule has 5 nitrogen and oxygen atoms in total. The minimum Gasteiger partial charge on any atom is -0.417 e. The topological polar surface area (TPSA) is 52.8 Å². The zero-order valence-corrected chi connectivity index (χ0v) is 15.9. The summed E-state index contributed by atoms with van der Waals surface area (Å²) in [6.07, 6.45) is 5.28. The highest BCUT2D eigenvalue weighted by Crippen LogP contribution is 2.22. The Kier molecular flexibility index (Phi) is 9.08. The summed E-state index contributed by atoms with van der Waals surface area (Å²) in [7, 11) is -1.63. The predicted octanol–water partition coefficient (Wildman–Crippen LogP) is 2.99. The first-order valence-corrected chi connectivity index (χ1v) is 12.1. The van der Waals surface area contributed by atoms with Crippen molar-refractivity contribution in [2.24, 2.45) is 0 Å². The van der Waals surface area contributed by atoms with E-state index in [2.05, 4.69) is 13.5 Å². The molecular weight excluding hydrogens is 312 g/mol. The maximum absolute atomic E-state index is 6.33. The van der Waals surface area contributed by atoms with E-state index in [1.807, 2.05) is 0 Å². The first-order chi connectivity index (χ1) is 11.2. The second-order valence-electron chi connectivity index (χ2n) is 6.92. The highest BCUT2D eigenvalue weighted by molar-refractivity contribution is 6.72. The van der Waals surface area contributed by atoms with Crippen LogP contribution in [0.15, 0.2) is 0 Å². The number of hydrogen-bond acceptors (Lipinski definition) is 5. The molecule has 0 aromatic rings. The smallest absolute Gasteiger partial charge is 0.189 e. The summed E-state index contributed by atoms with van der Waals surface area (Å²) in [5.74, 6) is 0. The molecular formula is C17H34O5Si. The van der Waals surface area contributed by atoms with Crippen molar-refractivity contribution in [2.75, 3.05) is 46.2 Å². The van der Waals surface area contributed by atoms with Gasteiger partial charge >= 0.3 is 0 Å². The third kappa shape index (κ3) is 9.79. The Labute approximate surface area is 142 Å². The van der Waals surface area contributed by atoms with Gasteiger partial charge in [-0.05, 0) is 37.9 Å². The van der Waals surface area contributed by atoms with Crippen LogP contribution in [0, 0.1) is 0 Å². The Morgan fingerprint density at radius 3 is 1.83 bits per heavy atom. The summed E-state index contributed by atoms with van der Waals surface area (Å²) in [6.45, 7) is 10.4. The van der Waals surface area contributed by atoms with E-state index in [0.29, 0.717) is 12.2 Å². The lowest BCUT2D eigenvalue weighted by molar-refractivity contribution is 0.114. The van der Waals surface area contributed by atoms with E-state index in [0.717, 1.165) is 65.5 Å². The van der Waals surface area contributed by atoms with Gasteiger partial charge in [-0.3, -0.25) is 0 Å². The van der Waals surface area contributed by atoms with Crippen molar-refractivity contribution in [1.29, 1.82) is 0 Å². The van der Waals surface area contributed by atoms with Crippen molar-refractivity contribution in [3.8, 4) is 0 Å². The van der Waals surface area contributed by atoms with Gasteiger partial charge in [-0.25, -0.2) is 0 Å². The van der Waals surface area contributed by atoms with Crippen molar-refractivity contribution in [1.82, 2.24) is 0 Å². The highest BCUT2D eigenvalue weighted by Gasteiger charge is 2.29. The quantitative estimate of drug-likeness (QED) is 0.244. The largest absolute Gasteiger partial charge is 0.417 e. The first kappa shape index (κ1) is 19.3. The van der Waals surface area contributed by atoms with Crippen molar-refractivity contribution in [2.45, 2.75) is 63.5 Å². The molecule has 23 heavy (non-hydrogen) atoms. The van der Waals surface area contributed by atoms with Gasteiger partial charge in [0.25, 0.3) is 0 Å². The molecule has 0 bridgehead atoms. The van der Waals surface area contributed by atoms with Crippen LogP contribution in [0.4, 0.5) is 0 Å². The van der Waals surface area contributed by atoms with E-state index in [4.69, 9.17) is 23.4 Å². The maximum atomic E-state index is 6.33. The molecule has 0 aromatic carbocycles. The van der Waals surface area contributed by atoms with Crippen molar-refractivity contribution >= 4 is 8.32 Å². The van der Waals surface area contributed by atoms with E-state index < -0.39 is 8.32 Å². The lowest BCUT2D eigenvalue weighted by Gasteiger charge is -2.27. The first-order valence-electron chi connectivity index (χ1n) is 9.24. The third-order valence-electron chi connectivity index (χ3n) is 4.35. The zero-order chi connectivity index (χ0) is 16.4. The lowest BCUT2D eigenvalue weighted by Crippen LogP contribution is -2.35.